The van der Waals surface area contributed by atoms with Crippen LogP contribution in [0.25, 0.3) is 5.69 Å². The summed E-state index contributed by atoms with van der Waals surface area (Å²) in [6, 6.07) is 11.5. The Balaban J connectivity index is 1.77. The number of nitrogens with zero attached hydrogens (tertiary/aromatic N) is 4. The molecule has 0 unspecified atom stereocenters. The van der Waals surface area contributed by atoms with Gasteiger partial charge in [-0.05, 0) is 59.0 Å². The van der Waals surface area contributed by atoms with Gasteiger partial charge >= 0.3 is 0 Å². The van der Waals surface area contributed by atoms with Crippen molar-refractivity contribution in [3.63, 3.8) is 0 Å². The molecule has 8 nitrogen and oxygen atoms in total. The number of methoxy groups -OCH3 is 1. The Bertz CT molecular complexity index is 956. The number of tetrazole rings is 1. The fourth-order valence-corrected chi connectivity index (χ4v) is 3.08. The maximum atomic E-state index is 13.0. The van der Waals surface area contributed by atoms with Gasteiger partial charge in [-0.15, -0.1) is 5.10 Å². The second-order valence-electron chi connectivity index (χ2n) is 4.98. The van der Waals surface area contributed by atoms with Gasteiger partial charge < -0.3 is 4.74 Å². The molecule has 0 fully saturated rings. The highest BCUT2D eigenvalue weighted by Gasteiger charge is 2.16. The fourth-order valence-electron chi connectivity index (χ4n) is 2.10. The van der Waals surface area contributed by atoms with E-state index in [2.05, 4.69) is 20.2 Å². The van der Waals surface area contributed by atoms with Crippen molar-refractivity contribution in [3.8, 4) is 11.4 Å². The smallest absolute Gasteiger partial charge is 0.240 e. The maximum Gasteiger partial charge on any atom is 0.240 e. The minimum Gasteiger partial charge on any atom is -0.497 e. The fraction of sp³-hybridized carbons (Fsp3) is 0.133. The molecule has 10 heteroatoms. The Morgan fingerprint density at radius 2 is 1.80 bits per heavy atom. The van der Waals surface area contributed by atoms with Crippen molar-refractivity contribution >= 4 is 10.0 Å². The Morgan fingerprint density at radius 3 is 2.44 bits per heavy atom. The van der Waals surface area contributed by atoms with Crippen LogP contribution in [-0.2, 0) is 16.6 Å². The highest BCUT2D eigenvalue weighted by molar-refractivity contribution is 7.89. The standard InChI is InChI=1S/C15H14FN5O3S/c1-24-13-6-8-14(9-7-13)25(22,23)17-10-15-18-19-20-21(15)12-4-2-11(16)3-5-12/h2-9,17H,10H2,1H3. The van der Waals surface area contributed by atoms with Crippen molar-refractivity contribution in [2.24, 2.45) is 0 Å². The molecule has 1 aromatic heterocycles. The highest BCUT2D eigenvalue weighted by Crippen LogP contribution is 2.16. The summed E-state index contributed by atoms with van der Waals surface area (Å²) in [5.41, 5.74) is 0.519. The Morgan fingerprint density at radius 1 is 1.12 bits per heavy atom. The lowest BCUT2D eigenvalue weighted by molar-refractivity contribution is 0.414. The second-order valence-corrected chi connectivity index (χ2v) is 6.75. The molecule has 0 aliphatic carbocycles. The molecule has 25 heavy (non-hydrogen) atoms. The van der Waals surface area contributed by atoms with E-state index in [1.54, 1.807) is 12.1 Å². The van der Waals surface area contributed by atoms with Crippen molar-refractivity contribution in [2.75, 3.05) is 7.11 Å². The van der Waals surface area contributed by atoms with Crippen LogP contribution in [0.15, 0.2) is 53.4 Å². The zero-order chi connectivity index (χ0) is 17.9. The average molecular weight is 363 g/mol. The molecule has 0 saturated heterocycles. The number of rotatable bonds is 6. The Labute approximate surface area is 143 Å². The normalized spacial score (nSPS) is 11.4. The summed E-state index contributed by atoms with van der Waals surface area (Å²) in [7, 11) is -2.24. The zero-order valence-corrected chi connectivity index (χ0v) is 13.9. The number of aromatic nitrogens is 4. The van der Waals surface area contributed by atoms with Gasteiger partial charge in [-0.3, -0.25) is 0 Å². The highest BCUT2D eigenvalue weighted by atomic mass is 32.2. The average Bonchev–Trinajstić information content (AvgIpc) is 3.09. The zero-order valence-electron chi connectivity index (χ0n) is 13.1. The van der Waals surface area contributed by atoms with Gasteiger partial charge in [0.05, 0.1) is 24.2 Å². The molecule has 0 atom stereocenters. The molecule has 0 amide bonds. The van der Waals surface area contributed by atoms with Crippen LogP contribution >= 0.6 is 0 Å². The van der Waals surface area contributed by atoms with Gasteiger partial charge in [0, 0.05) is 0 Å². The van der Waals surface area contributed by atoms with Crippen LogP contribution in [0.1, 0.15) is 5.82 Å². The van der Waals surface area contributed by atoms with E-state index >= 15 is 0 Å². The summed E-state index contributed by atoms with van der Waals surface area (Å²) in [5.74, 6) is 0.432. The molecule has 0 radical (unpaired) electrons. The summed E-state index contributed by atoms with van der Waals surface area (Å²) in [4.78, 5) is 0.0918. The summed E-state index contributed by atoms with van der Waals surface area (Å²) >= 11 is 0. The molecule has 0 bridgehead atoms. The van der Waals surface area contributed by atoms with Gasteiger partial charge in [0.15, 0.2) is 5.82 Å². The van der Waals surface area contributed by atoms with Crippen molar-refractivity contribution in [1.82, 2.24) is 24.9 Å². The van der Waals surface area contributed by atoms with Crippen LogP contribution in [0.2, 0.25) is 0 Å². The lowest BCUT2D eigenvalue weighted by atomic mass is 10.3. The SMILES string of the molecule is COc1ccc(S(=O)(=O)NCc2nnnn2-c2ccc(F)cc2)cc1. The molecule has 2 aromatic carbocycles. The molecule has 0 aliphatic heterocycles. The summed E-state index contributed by atoms with van der Waals surface area (Å²) < 4.78 is 46.5. The minimum atomic E-state index is -3.74. The summed E-state index contributed by atoms with van der Waals surface area (Å²) in [6.45, 7) is -0.126. The third kappa shape index (κ3) is 3.80. The molecule has 130 valence electrons. The first kappa shape index (κ1) is 17.0. The van der Waals surface area contributed by atoms with Crippen LogP contribution in [-0.4, -0.2) is 35.7 Å². The van der Waals surface area contributed by atoms with Crippen molar-refractivity contribution < 1.29 is 17.5 Å². The van der Waals surface area contributed by atoms with Gasteiger partial charge in [0.1, 0.15) is 11.6 Å². The van der Waals surface area contributed by atoms with Crippen LogP contribution in [0.3, 0.4) is 0 Å². The van der Waals surface area contributed by atoms with E-state index in [0.29, 0.717) is 11.4 Å². The van der Waals surface area contributed by atoms with E-state index in [0.717, 1.165) is 0 Å². The maximum absolute atomic E-state index is 13.0. The lowest BCUT2D eigenvalue weighted by Gasteiger charge is -2.08. The molecule has 0 aliphatic rings. The first-order valence-corrected chi connectivity index (χ1v) is 8.65. The van der Waals surface area contributed by atoms with E-state index in [1.165, 1.54) is 48.2 Å². The molecular formula is C15H14FN5O3S. The number of benzene rings is 2. The molecule has 0 spiro atoms. The van der Waals surface area contributed by atoms with Crippen molar-refractivity contribution in [2.45, 2.75) is 11.4 Å². The number of ether oxygens (including phenoxy) is 1. The second kappa shape index (κ2) is 6.95. The van der Waals surface area contributed by atoms with Gasteiger partial charge in [0.25, 0.3) is 0 Å². The molecule has 1 heterocycles. The molecule has 1 N–H and O–H groups in total. The largest absolute Gasteiger partial charge is 0.497 e. The predicted octanol–water partition coefficient (Wildman–Crippen LogP) is 1.29. The van der Waals surface area contributed by atoms with E-state index in [4.69, 9.17) is 4.74 Å². The van der Waals surface area contributed by atoms with Gasteiger partial charge in [-0.1, -0.05) is 0 Å². The summed E-state index contributed by atoms with van der Waals surface area (Å²) in [6.07, 6.45) is 0. The van der Waals surface area contributed by atoms with E-state index < -0.39 is 15.8 Å². The number of hydrogen-bond acceptors (Lipinski definition) is 6. The van der Waals surface area contributed by atoms with Gasteiger partial charge in [-0.25, -0.2) is 17.5 Å². The van der Waals surface area contributed by atoms with Gasteiger partial charge in [-0.2, -0.15) is 4.68 Å². The molecule has 0 saturated carbocycles. The summed E-state index contributed by atoms with van der Waals surface area (Å²) in [5, 5.41) is 11.1. The number of hydrogen-bond donors (Lipinski definition) is 1. The first-order chi connectivity index (χ1) is 12.0. The number of nitrogens with one attached hydrogen (secondary N) is 1. The topological polar surface area (TPSA) is 99.0 Å². The van der Waals surface area contributed by atoms with Crippen LogP contribution in [0, 0.1) is 5.82 Å². The third-order valence-electron chi connectivity index (χ3n) is 3.40. The van der Waals surface area contributed by atoms with Crippen LogP contribution < -0.4 is 9.46 Å². The van der Waals surface area contributed by atoms with E-state index in [9.17, 15) is 12.8 Å². The van der Waals surface area contributed by atoms with E-state index in [1.807, 2.05) is 0 Å². The predicted molar refractivity (Wildman–Crippen MR) is 86.1 cm³/mol. The van der Waals surface area contributed by atoms with Crippen molar-refractivity contribution in [1.29, 1.82) is 0 Å². The number of halogens is 1. The number of sulfonamides is 1. The van der Waals surface area contributed by atoms with Crippen LogP contribution in [0.4, 0.5) is 4.39 Å². The molecule has 3 rings (SSSR count). The third-order valence-corrected chi connectivity index (χ3v) is 4.81. The minimum absolute atomic E-state index is 0.0918. The van der Waals surface area contributed by atoms with Crippen LogP contribution in [0.5, 0.6) is 5.75 Å². The Kier molecular flexibility index (Phi) is 4.72. The first-order valence-electron chi connectivity index (χ1n) is 7.16. The quantitative estimate of drug-likeness (QED) is 0.708. The van der Waals surface area contributed by atoms with Crippen molar-refractivity contribution in [3.05, 3.63) is 60.2 Å². The monoisotopic (exact) mass is 363 g/mol. The lowest BCUT2D eigenvalue weighted by Crippen LogP contribution is -2.25. The molecule has 3 aromatic rings. The van der Waals surface area contributed by atoms with E-state index in [-0.39, 0.29) is 17.3 Å². The Hall–Kier alpha value is -2.85. The molecular weight excluding hydrogens is 349 g/mol. The van der Waals surface area contributed by atoms with Gasteiger partial charge in [0.2, 0.25) is 10.0 Å².